The van der Waals surface area contributed by atoms with Gasteiger partial charge in [0, 0.05) is 71.5 Å². The molecule has 0 saturated carbocycles. The Morgan fingerprint density at radius 1 is 0.346 bits per heavy atom. The number of hydrogen-bond donors (Lipinski definition) is 0. The fraction of sp³-hybridized carbons (Fsp3) is 0. The molecule has 0 aliphatic heterocycles. The number of aromatic nitrogens is 2. The van der Waals surface area contributed by atoms with Crippen LogP contribution in [0.5, 0.6) is 0 Å². The van der Waals surface area contributed by atoms with Crippen molar-refractivity contribution in [2.24, 2.45) is 0 Å². The van der Waals surface area contributed by atoms with Gasteiger partial charge in [-0.2, -0.15) is 0 Å². The number of benzene rings is 6. The molecule has 0 aliphatic rings. The molecule has 10 aromatic rings. The van der Waals surface area contributed by atoms with Gasteiger partial charge in [0.1, 0.15) is 113 Å². The summed E-state index contributed by atoms with van der Waals surface area (Å²) < 4.78 is 9.93. The Morgan fingerprint density at radius 3 is 1.40 bits per heavy atom. The Bertz CT molecular complexity index is 3340. The highest BCUT2D eigenvalue weighted by atomic mass is 16.3. The second-order valence-corrected chi connectivity index (χ2v) is 13.3. The van der Waals surface area contributed by atoms with Crippen molar-refractivity contribution in [3.05, 3.63) is 42.5 Å². The second kappa shape index (κ2) is 10.4. The molecule has 3 nitrogen and oxygen atoms in total. The molecule has 4 aromatic heterocycles. The van der Waals surface area contributed by atoms with Crippen molar-refractivity contribution in [3.63, 3.8) is 0 Å². The van der Waals surface area contributed by atoms with Gasteiger partial charge in [0.05, 0.1) is 5.52 Å². The van der Waals surface area contributed by atoms with Crippen LogP contribution in [0.3, 0.4) is 0 Å². The summed E-state index contributed by atoms with van der Waals surface area (Å²) in [5, 5.41) is 4.79. The minimum atomic E-state index is 0.0871. The minimum Gasteiger partial charge on any atom is -0.456 e. The molecule has 16 heteroatoms. The molecular weight excluding hydrogens is 617 g/mol. The first-order valence-electron chi connectivity index (χ1n) is 16.1. The fourth-order valence-electron chi connectivity index (χ4n) is 8.40. The van der Waals surface area contributed by atoms with E-state index in [0.29, 0.717) is 71.2 Å². The monoisotopic (exact) mass is 626 g/mol. The molecule has 0 aliphatic carbocycles. The zero-order valence-corrected chi connectivity index (χ0v) is 27.3. The summed E-state index contributed by atoms with van der Waals surface area (Å²) in [6, 6.07) is 13.5. The number of hydrogen-bond acceptors (Lipinski definition) is 1. The lowest BCUT2D eigenvalue weighted by molar-refractivity contribution is 0.668. The Balaban J connectivity index is 1.54. The van der Waals surface area contributed by atoms with E-state index in [1.807, 2.05) is 47.0 Å². The van der Waals surface area contributed by atoms with Gasteiger partial charge in [-0.3, -0.25) is 0 Å². The Labute approximate surface area is 315 Å². The Morgan fingerprint density at radius 2 is 0.750 bits per heavy atom. The Hall–Kier alpha value is -4.44. The van der Waals surface area contributed by atoms with Gasteiger partial charge in [0.2, 0.25) is 0 Å². The van der Waals surface area contributed by atoms with E-state index in [1.165, 1.54) is 0 Å². The summed E-state index contributed by atoms with van der Waals surface area (Å²) in [4.78, 5) is 0. The zero-order valence-electron chi connectivity index (χ0n) is 27.3. The van der Waals surface area contributed by atoms with E-state index in [0.717, 1.165) is 16.4 Å². The predicted molar refractivity (Wildman–Crippen MR) is 233 cm³/mol. The lowest BCUT2D eigenvalue weighted by Gasteiger charge is -2.18. The molecule has 6 aromatic carbocycles. The van der Waals surface area contributed by atoms with Crippen molar-refractivity contribution >= 4 is 255 Å². The van der Waals surface area contributed by atoms with Crippen molar-refractivity contribution in [2.75, 3.05) is 0 Å². The van der Waals surface area contributed by atoms with Gasteiger partial charge < -0.3 is 13.4 Å². The molecule has 10 rings (SSSR count). The molecule has 0 amide bonds. The molecule has 0 atom stereocenters. The van der Waals surface area contributed by atoms with Gasteiger partial charge in [-0.05, 0) is 23.6 Å². The van der Waals surface area contributed by atoms with Crippen LogP contribution in [0, 0.1) is 0 Å². The fourth-order valence-corrected chi connectivity index (χ4v) is 8.40. The van der Waals surface area contributed by atoms with Crippen LogP contribution in [0.15, 0.2) is 46.9 Å². The second-order valence-electron chi connectivity index (χ2n) is 13.3. The largest absolute Gasteiger partial charge is 0.456 e. The van der Waals surface area contributed by atoms with Gasteiger partial charge in [-0.25, -0.2) is 0 Å². The smallest absolute Gasteiger partial charge is 0.137 e. The molecule has 52 heavy (non-hydrogen) atoms. The maximum Gasteiger partial charge on any atom is 0.137 e. The average Bonchev–Trinajstić information content (AvgIpc) is 3.88. The maximum atomic E-state index is 7.13. The molecule has 0 bridgehead atoms. The topological polar surface area (TPSA) is 22.5 Å². The summed E-state index contributed by atoms with van der Waals surface area (Å²) in [5.74, 6) is 0. The molecule has 206 valence electrons. The maximum absolute atomic E-state index is 7.13. The number of nitrogens with zero attached hydrogens (tertiary/aromatic N) is 2. The molecular formula is C36H7B13N2O. The average molecular weight is 624 g/mol. The van der Waals surface area contributed by atoms with Gasteiger partial charge in [-0.1, -0.05) is 61.9 Å². The summed E-state index contributed by atoms with van der Waals surface area (Å²) in [6.45, 7) is 0. The summed E-state index contributed by atoms with van der Waals surface area (Å²) in [5.41, 5.74) is 6.10. The number of furan rings is 1. The molecule has 26 radical (unpaired) electrons. The summed E-state index contributed by atoms with van der Waals surface area (Å²) in [6.07, 6.45) is 0. The van der Waals surface area contributed by atoms with Crippen LogP contribution in [-0.2, 0) is 0 Å². The number of fused-ring (bicyclic) bond motifs is 13. The van der Waals surface area contributed by atoms with E-state index in [1.54, 1.807) is 4.40 Å². The van der Waals surface area contributed by atoms with E-state index in [-0.39, 0.29) is 71.0 Å². The van der Waals surface area contributed by atoms with Crippen LogP contribution in [0.1, 0.15) is 0 Å². The molecule has 0 saturated heterocycles. The predicted octanol–water partition coefficient (Wildman–Crippen LogP) is -5.85. The minimum absolute atomic E-state index is 0.0871. The van der Waals surface area contributed by atoms with E-state index in [2.05, 4.69) is 0 Å². The lowest BCUT2D eigenvalue weighted by Crippen LogP contribution is -2.48. The van der Waals surface area contributed by atoms with Crippen molar-refractivity contribution < 1.29 is 4.42 Å². The highest BCUT2D eigenvalue weighted by Gasteiger charge is 2.30. The van der Waals surface area contributed by atoms with Crippen molar-refractivity contribution in [2.45, 2.75) is 0 Å². The van der Waals surface area contributed by atoms with E-state index >= 15 is 0 Å². The SMILES string of the molecule is [B]c1c([B])c([B])c2c(c1[B])c1c3c4c([B])c([B])c([B])c5c6c([B])c([B])c([B])c([B])c6n(c3c([B])c([B])c1n2-c1ccc2c(c1)oc1ccccc12)c54. The molecule has 0 unspecified atom stereocenters. The molecule has 0 fully saturated rings. The Kier molecular flexibility index (Phi) is 6.43. The first-order valence-corrected chi connectivity index (χ1v) is 16.1. The third-order valence-corrected chi connectivity index (χ3v) is 10.9. The van der Waals surface area contributed by atoms with Crippen LogP contribution >= 0.6 is 0 Å². The van der Waals surface area contributed by atoms with Crippen molar-refractivity contribution in [3.8, 4) is 5.69 Å². The highest BCUT2D eigenvalue weighted by Crippen LogP contribution is 2.41. The van der Waals surface area contributed by atoms with Crippen LogP contribution in [0.2, 0.25) is 0 Å². The number of para-hydroxylation sites is 1. The normalized spacial score (nSPS) is 12.5. The van der Waals surface area contributed by atoms with Crippen LogP contribution < -0.4 is 71.0 Å². The summed E-state index contributed by atoms with van der Waals surface area (Å²) in [7, 11) is 87.5. The van der Waals surface area contributed by atoms with Gasteiger partial charge in [0.15, 0.2) is 0 Å². The third kappa shape index (κ3) is 3.55. The van der Waals surface area contributed by atoms with E-state index < -0.39 is 0 Å². The van der Waals surface area contributed by atoms with Crippen molar-refractivity contribution in [1.82, 2.24) is 8.97 Å². The van der Waals surface area contributed by atoms with Gasteiger partial charge >= 0.3 is 0 Å². The zero-order chi connectivity index (χ0) is 36.6. The van der Waals surface area contributed by atoms with E-state index in [9.17, 15) is 0 Å². The van der Waals surface area contributed by atoms with Crippen LogP contribution in [0.25, 0.3) is 87.5 Å². The first kappa shape index (κ1) is 32.2. The molecule has 0 N–H and O–H groups in total. The van der Waals surface area contributed by atoms with E-state index in [4.69, 9.17) is 106 Å². The van der Waals surface area contributed by atoms with Gasteiger partial charge in [0.25, 0.3) is 0 Å². The standard InChI is InChI=1S/C36H7B13N2O/c37-19-15-13-14-16-20(38)24(42)26(44)28(46)35(16)50(8-5-6-10-9-3-1-2-4-11(9)52-12(10)7-8)33(14)30(48)31(49)34(13)51-32(15)17(21(39)23(19)41)18-22(40)25(43)27(45)29(47)36(18)51/h1-7H. The first-order chi connectivity index (χ1) is 24.8. The summed E-state index contributed by atoms with van der Waals surface area (Å²) >= 11 is 0. The van der Waals surface area contributed by atoms with Crippen LogP contribution in [0.4, 0.5) is 0 Å². The quantitative estimate of drug-likeness (QED) is 0.167. The lowest BCUT2D eigenvalue weighted by atomic mass is 9.64. The van der Waals surface area contributed by atoms with Crippen molar-refractivity contribution in [1.29, 1.82) is 0 Å². The van der Waals surface area contributed by atoms with Crippen LogP contribution in [-0.4, -0.2) is 111 Å². The molecule has 0 spiro atoms. The number of rotatable bonds is 1. The van der Waals surface area contributed by atoms with Gasteiger partial charge in [-0.15, -0.1) is 27.3 Å². The third-order valence-electron chi connectivity index (χ3n) is 10.9. The highest BCUT2D eigenvalue weighted by molar-refractivity contribution is 6.73. The molecule has 4 heterocycles.